The predicted octanol–water partition coefficient (Wildman–Crippen LogP) is 4.35. The highest BCUT2D eigenvalue weighted by Crippen LogP contribution is 2.20. The van der Waals surface area contributed by atoms with Gasteiger partial charge in [0.1, 0.15) is 0 Å². The monoisotopic (exact) mass is 274 g/mol. The molecule has 2 saturated carbocycles. The van der Waals surface area contributed by atoms with Crippen LogP contribution in [0.5, 0.6) is 0 Å². The van der Waals surface area contributed by atoms with Crippen LogP contribution in [0.15, 0.2) is 20.0 Å². The zero-order chi connectivity index (χ0) is 14.0. The Balaban J connectivity index is 1.76. The second kappa shape index (κ2) is 8.84. The smallest absolute Gasteiger partial charge is 0.158 e. The minimum Gasteiger partial charge on any atom is -0.222 e. The van der Waals surface area contributed by atoms with E-state index in [1.54, 1.807) is 0 Å². The highest BCUT2D eigenvalue weighted by molar-refractivity contribution is 5.44. The Morgan fingerprint density at radius 1 is 0.700 bits per heavy atom. The molecular formula is C16H26N4. The molecule has 0 heterocycles. The lowest BCUT2D eigenvalue weighted by Crippen LogP contribution is -2.09. The Hall–Kier alpha value is -1.24. The van der Waals surface area contributed by atoms with Crippen molar-refractivity contribution in [2.45, 2.75) is 89.4 Å². The molecule has 0 saturated heterocycles. The van der Waals surface area contributed by atoms with Crippen molar-refractivity contribution in [3.8, 4) is 0 Å². The number of nitrogens with zero attached hydrogens (tertiary/aromatic N) is 4. The zero-order valence-electron chi connectivity index (χ0n) is 12.6. The summed E-state index contributed by atoms with van der Waals surface area (Å²) < 4.78 is 0. The maximum Gasteiger partial charge on any atom is 0.158 e. The molecule has 2 aliphatic carbocycles. The van der Waals surface area contributed by atoms with Crippen LogP contribution in [0.25, 0.3) is 0 Å². The summed E-state index contributed by atoms with van der Waals surface area (Å²) in [6.45, 7) is 1.92. The summed E-state index contributed by atoms with van der Waals surface area (Å²) in [5.41, 5.74) is 0. The molecule has 0 bridgehead atoms. The van der Waals surface area contributed by atoms with Crippen LogP contribution in [-0.4, -0.2) is 30.3 Å². The lowest BCUT2D eigenvalue weighted by Gasteiger charge is -2.15. The molecule has 0 aromatic heterocycles. The fourth-order valence-corrected chi connectivity index (χ4v) is 2.85. The van der Waals surface area contributed by atoms with E-state index in [0.29, 0.717) is 12.1 Å². The Morgan fingerprint density at radius 3 is 1.50 bits per heavy atom. The molecule has 0 spiro atoms. The third kappa shape index (κ3) is 5.81. The highest BCUT2D eigenvalue weighted by Gasteiger charge is 2.11. The minimum absolute atomic E-state index is 0.172. The van der Waals surface area contributed by atoms with Gasteiger partial charge in [0.2, 0.25) is 0 Å². The lowest BCUT2D eigenvalue weighted by molar-refractivity contribution is 0.444. The third-order valence-electron chi connectivity index (χ3n) is 4.12. The maximum atomic E-state index is 4.39. The van der Waals surface area contributed by atoms with Crippen LogP contribution in [0.1, 0.15) is 71.1 Å². The van der Waals surface area contributed by atoms with Gasteiger partial charge in [-0.3, -0.25) is 0 Å². The summed E-state index contributed by atoms with van der Waals surface area (Å²) in [5.74, 6) is 0. The van der Waals surface area contributed by atoms with Gasteiger partial charge in [0.15, 0.2) is 6.17 Å². The summed E-state index contributed by atoms with van der Waals surface area (Å²) in [6.07, 6.45) is 12.4. The molecule has 2 fully saturated rings. The van der Waals surface area contributed by atoms with Gasteiger partial charge in [-0.05, 0) is 32.6 Å². The molecule has 0 aliphatic heterocycles. The van der Waals surface area contributed by atoms with E-state index in [0.717, 1.165) is 0 Å². The van der Waals surface area contributed by atoms with Crippen LogP contribution in [0, 0.1) is 0 Å². The Bertz CT molecular complexity index is 353. The highest BCUT2D eigenvalue weighted by atomic mass is 15.0. The normalized spacial score (nSPS) is 22.2. The molecule has 4 nitrogen and oxygen atoms in total. The van der Waals surface area contributed by atoms with E-state index in [4.69, 9.17) is 0 Å². The Labute approximate surface area is 122 Å². The molecule has 0 aromatic carbocycles. The van der Waals surface area contributed by atoms with Crippen molar-refractivity contribution in [1.29, 1.82) is 0 Å². The number of hydrogen-bond donors (Lipinski definition) is 0. The van der Waals surface area contributed by atoms with Crippen molar-refractivity contribution >= 4 is 12.0 Å². The van der Waals surface area contributed by atoms with Crippen molar-refractivity contribution in [1.82, 2.24) is 0 Å². The van der Waals surface area contributed by atoms with Crippen LogP contribution in [0.3, 0.4) is 0 Å². The van der Waals surface area contributed by atoms with E-state index in [9.17, 15) is 0 Å². The summed E-state index contributed by atoms with van der Waals surface area (Å²) >= 11 is 0. The van der Waals surface area contributed by atoms with Crippen molar-refractivity contribution in [2.24, 2.45) is 20.0 Å². The van der Waals surface area contributed by atoms with Crippen molar-refractivity contribution < 1.29 is 0 Å². The van der Waals surface area contributed by atoms with E-state index in [-0.39, 0.29) is 6.17 Å². The molecule has 20 heavy (non-hydrogen) atoms. The second-order valence-electron chi connectivity index (χ2n) is 5.93. The van der Waals surface area contributed by atoms with Crippen molar-refractivity contribution in [3.05, 3.63) is 0 Å². The molecular weight excluding hydrogens is 248 g/mol. The molecule has 110 valence electrons. The topological polar surface area (TPSA) is 49.4 Å². The summed E-state index contributed by atoms with van der Waals surface area (Å²) in [7, 11) is 0. The van der Waals surface area contributed by atoms with Crippen LogP contribution in [0.4, 0.5) is 0 Å². The largest absolute Gasteiger partial charge is 0.222 e. The Kier molecular flexibility index (Phi) is 6.70. The maximum absolute atomic E-state index is 4.39. The minimum atomic E-state index is -0.172. The fourth-order valence-electron chi connectivity index (χ4n) is 2.85. The first kappa shape index (κ1) is 15.2. The zero-order valence-corrected chi connectivity index (χ0v) is 12.6. The molecule has 0 atom stereocenters. The molecule has 0 unspecified atom stereocenters. The van der Waals surface area contributed by atoms with Gasteiger partial charge in [-0.25, -0.2) is 9.98 Å². The van der Waals surface area contributed by atoms with Gasteiger partial charge in [0.05, 0.1) is 24.1 Å². The van der Waals surface area contributed by atoms with E-state index in [2.05, 4.69) is 32.0 Å². The van der Waals surface area contributed by atoms with Gasteiger partial charge < -0.3 is 0 Å². The van der Waals surface area contributed by atoms with E-state index in [1.165, 1.54) is 64.2 Å². The first-order valence-corrected chi connectivity index (χ1v) is 8.14. The molecule has 4 heteroatoms. The van der Waals surface area contributed by atoms with Crippen LogP contribution < -0.4 is 0 Å². The molecule has 0 N–H and O–H groups in total. The van der Waals surface area contributed by atoms with Crippen LogP contribution in [-0.2, 0) is 0 Å². The summed E-state index contributed by atoms with van der Waals surface area (Å²) in [5, 5.41) is 0. The molecule has 0 aromatic rings. The molecule has 0 radical (unpaired) electrons. The van der Waals surface area contributed by atoms with Crippen molar-refractivity contribution in [2.75, 3.05) is 0 Å². The van der Waals surface area contributed by atoms with Gasteiger partial charge in [-0.2, -0.15) is 9.98 Å². The number of aliphatic imine (C=N–C) groups is 4. The molecule has 2 rings (SSSR count). The van der Waals surface area contributed by atoms with E-state index < -0.39 is 0 Å². The third-order valence-corrected chi connectivity index (χ3v) is 4.12. The standard InChI is InChI=1S/C16H26N4/c1-14(17-12-19-15-8-4-2-5-9-15)18-13-20-16-10-6-3-7-11-16/h14-16H,2-11H2,1H3. The number of rotatable bonds is 4. The molecule has 0 amide bonds. The van der Waals surface area contributed by atoms with E-state index >= 15 is 0 Å². The fraction of sp³-hybridized carbons (Fsp3) is 0.875. The first-order chi connectivity index (χ1) is 9.84. The lowest BCUT2D eigenvalue weighted by atomic mass is 9.96. The average Bonchev–Trinajstić information content (AvgIpc) is 2.49. The first-order valence-electron chi connectivity index (χ1n) is 8.14. The SMILES string of the molecule is CC(N=C=NC1CCCCC1)N=C=NC1CCCCC1. The van der Waals surface area contributed by atoms with Crippen LogP contribution >= 0.6 is 0 Å². The van der Waals surface area contributed by atoms with Crippen molar-refractivity contribution in [3.63, 3.8) is 0 Å². The second-order valence-corrected chi connectivity index (χ2v) is 5.93. The summed E-state index contributed by atoms with van der Waals surface area (Å²) in [6, 6.07) is 6.50. The quantitative estimate of drug-likeness (QED) is 0.685. The van der Waals surface area contributed by atoms with Crippen LogP contribution in [0.2, 0.25) is 0 Å². The van der Waals surface area contributed by atoms with E-state index in [1.807, 2.05) is 6.92 Å². The van der Waals surface area contributed by atoms with Gasteiger partial charge in [0.25, 0.3) is 0 Å². The average molecular weight is 274 g/mol. The van der Waals surface area contributed by atoms with Gasteiger partial charge in [-0.1, -0.05) is 38.5 Å². The van der Waals surface area contributed by atoms with Gasteiger partial charge in [0, 0.05) is 0 Å². The number of hydrogen-bond acceptors (Lipinski definition) is 4. The molecule has 2 aliphatic rings. The summed E-state index contributed by atoms with van der Waals surface area (Å²) in [4.78, 5) is 17.2. The predicted molar refractivity (Wildman–Crippen MR) is 82.9 cm³/mol. The van der Waals surface area contributed by atoms with Gasteiger partial charge in [-0.15, -0.1) is 0 Å². The Morgan fingerprint density at radius 2 is 1.10 bits per heavy atom. The van der Waals surface area contributed by atoms with Gasteiger partial charge >= 0.3 is 0 Å².